The van der Waals surface area contributed by atoms with Crippen LogP contribution in [0.15, 0.2) is 24.3 Å². The lowest BCUT2D eigenvalue weighted by atomic mass is 9.83. The maximum Gasteiger partial charge on any atom is 0.328 e. The van der Waals surface area contributed by atoms with E-state index in [4.69, 9.17) is 5.73 Å². The van der Waals surface area contributed by atoms with E-state index in [1.54, 1.807) is 6.07 Å². The minimum absolute atomic E-state index is 0.440. The molecule has 1 aliphatic rings. The molecule has 0 saturated heterocycles. The Kier molecular flexibility index (Phi) is 2.16. The highest BCUT2D eigenvalue weighted by atomic mass is 16.4. The van der Waals surface area contributed by atoms with E-state index in [0.29, 0.717) is 18.5 Å². The number of benzene rings is 1. The van der Waals surface area contributed by atoms with Crippen LogP contribution in [0.3, 0.4) is 0 Å². The number of hydrogen-bond donors (Lipinski definition) is 2. The summed E-state index contributed by atoms with van der Waals surface area (Å²) < 4.78 is 0. The molecule has 15 heavy (non-hydrogen) atoms. The molecule has 80 valence electrons. The standard InChI is InChI=1S/C11H14N2O2/c1-13-7-6-11(12,10(14)15)8-4-2-3-5-9(8)13/h2-5H,6-7,12H2,1H3,(H,14,15)/t11-/m0/s1. The first-order valence-corrected chi connectivity index (χ1v) is 4.88. The topological polar surface area (TPSA) is 66.6 Å². The molecule has 1 atom stereocenters. The van der Waals surface area contributed by atoms with Crippen LogP contribution in [-0.2, 0) is 10.3 Å². The molecule has 0 aliphatic carbocycles. The maximum absolute atomic E-state index is 11.2. The molecule has 1 aromatic carbocycles. The molecule has 0 radical (unpaired) electrons. The molecule has 4 nitrogen and oxygen atoms in total. The van der Waals surface area contributed by atoms with E-state index in [-0.39, 0.29) is 0 Å². The molecule has 2 rings (SSSR count). The highest BCUT2D eigenvalue weighted by Gasteiger charge is 2.41. The lowest BCUT2D eigenvalue weighted by molar-refractivity contribution is -0.144. The summed E-state index contributed by atoms with van der Waals surface area (Å²) in [5.41, 5.74) is 6.33. The molecule has 1 heterocycles. The normalized spacial score (nSPS) is 24.8. The van der Waals surface area contributed by atoms with Crippen molar-refractivity contribution in [3.05, 3.63) is 29.8 Å². The fourth-order valence-electron chi connectivity index (χ4n) is 2.01. The predicted octanol–water partition coefficient (Wildman–Crippen LogP) is 0.765. The van der Waals surface area contributed by atoms with Crippen molar-refractivity contribution in [3.8, 4) is 0 Å². The number of hydrogen-bond acceptors (Lipinski definition) is 3. The molecule has 4 heteroatoms. The Morgan fingerprint density at radius 1 is 1.53 bits per heavy atom. The van der Waals surface area contributed by atoms with Gasteiger partial charge in [-0.05, 0) is 12.5 Å². The summed E-state index contributed by atoms with van der Waals surface area (Å²) in [6.07, 6.45) is 0.440. The molecule has 1 aromatic rings. The number of nitrogens with two attached hydrogens (primary N) is 1. The summed E-state index contributed by atoms with van der Waals surface area (Å²) in [6.45, 7) is 0.666. The third-order valence-electron chi connectivity index (χ3n) is 3.02. The van der Waals surface area contributed by atoms with Gasteiger partial charge in [-0.15, -0.1) is 0 Å². The van der Waals surface area contributed by atoms with Crippen LogP contribution in [0.4, 0.5) is 5.69 Å². The predicted molar refractivity (Wildman–Crippen MR) is 57.8 cm³/mol. The fourth-order valence-corrected chi connectivity index (χ4v) is 2.01. The Labute approximate surface area is 88.3 Å². The number of anilines is 1. The van der Waals surface area contributed by atoms with Crippen LogP contribution < -0.4 is 10.6 Å². The summed E-state index contributed by atoms with van der Waals surface area (Å²) in [6, 6.07) is 7.41. The Morgan fingerprint density at radius 3 is 2.87 bits per heavy atom. The van der Waals surface area contributed by atoms with Crippen LogP contribution >= 0.6 is 0 Å². The number of fused-ring (bicyclic) bond motifs is 1. The lowest BCUT2D eigenvalue weighted by Gasteiger charge is -2.37. The van der Waals surface area contributed by atoms with Crippen molar-refractivity contribution in [2.75, 3.05) is 18.5 Å². The van der Waals surface area contributed by atoms with E-state index in [9.17, 15) is 9.90 Å². The summed E-state index contributed by atoms with van der Waals surface area (Å²) >= 11 is 0. The quantitative estimate of drug-likeness (QED) is 0.712. The highest BCUT2D eigenvalue weighted by Crippen LogP contribution is 2.35. The SMILES string of the molecule is CN1CC[C@@](N)(C(=O)O)c2ccccc21. The molecule has 1 aliphatic heterocycles. The number of carboxylic acids is 1. The summed E-state index contributed by atoms with van der Waals surface area (Å²) in [5.74, 6) is -0.956. The molecule has 0 spiro atoms. The second-order valence-corrected chi connectivity index (χ2v) is 3.97. The van der Waals surface area contributed by atoms with Gasteiger partial charge in [-0.3, -0.25) is 0 Å². The molecular formula is C11H14N2O2. The summed E-state index contributed by atoms with van der Waals surface area (Å²) in [5, 5.41) is 9.19. The smallest absolute Gasteiger partial charge is 0.328 e. The maximum atomic E-state index is 11.2. The third kappa shape index (κ3) is 1.37. The molecular weight excluding hydrogens is 192 g/mol. The number of carbonyl (C=O) groups is 1. The van der Waals surface area contributed by atoms with Gasteiger partial charge in [0.15, 0.2) is 0 Å². The van der Waals surface area contributed by atoms with Gasteiger partial charge in [0, 0.05) is 24.8 Å². The first-order valence-electron chi connectivity index (χ1n) is 4.88. The van der Waals surface area contributed by atoms with E-state index in [0.717, 1.165) is 5.69 Å². The van der Waals surface area contributed by atoms with E-state index in [1.165, 1.54) is 0 Å². The Morgan fingerprint density at radius 2 is 2.20 bits per heavy atom. The van der Waals surface area contributed by atoms with E-state index < -0.39 is 11.5 Å². The average Bonchev–Trinajstić information content (AvgIpc) is 2.24. The molecule has 0 amide bonds. The Hall–Kier alpha value is -1.55. The zero-order chi connectivity index (χ0) is 11.1. The second-order valence-electron chi connectivity index (χ2n) is 3.97. The largest absolute Gasteiger partial charge is 0.480 e. The van der Waals surface area contributed by atoms with Crippen molar-refractivity contribution < 1.29 is 9.90 Å². The number of carboxylic acid groups (broad SMARTS) is 1. The van der Waals surface area contributed by atoms with Gasteiger partial charge >= 0.3 is 5.97 Å². The number of para-hydroxylation sites is 1. The fraction of sp³-hybridized carbons (Fsp3) is 0.364. The van der Waals surface area contributed by atoms with Crippen molar-refractivity contribution in [2.45, 2.75) is 12.0 Å². The van der Waals surface area contributed by atoms with Crippen LogP contribution in [0.2, 0.25) is 0 Å². The highest BCUT2D eigenvalue weighted by molar-refractivity contribution is 5.84. The van der Waals surface area contributed by atoms with Gasteiger partial charge in [0.1, 0.15) is 5.54 Å². The van der Waals surface area contributed by atoms with Crippen molar-refractivity contribution in [2.24, 2.45) is 5.73 Å². The molecule has 0 fully saturated rings. The van der Waals surface area contributed by atoms with Gasteiger partial charge in [-0.1, -0.05) is 18.2 Å². The van der Waals surface area contributed by atoms with Crippen molar-refractivity contribution in [1.29, 1.82) is 0 Å². The van der Waals surface area contributed by atoms with Gasteiger partial charge in [0.05, 0.1) is 0 Å². The van der Waals surface area contributed by atoms with Crippen molar-refractivity contribution in [1.82, 2.24) is 0 Å². The number of nitrogens with zero attached hydrogens (tertiary/aromatic N) is 1. The first kappa shape index (κ1) is 9.98. The van der Waals surface area contributed by atoms with Crippen LogP contribution in [-0.4, -0.2) is 24.7 Å². The number of aliphatic carboxylic acids is 1. The average molecular weight is 206 g/mol. The van der Waals surface area contributed by atoms with Crippen molar-refractivity contribution in [3.63, 3.8) is 0 Å². The minimum Gasteiger partial charge on any atom is -0.480 e. The molecule has 3 N–H and O–H groups in total. The number of rotatable bonds is 1. The van der Waals surface area contributed by atoms with E-state index >= 15 is 0 Å². The minimum atomic E-state index is -1.23. The van der Waals surface area contributed by atoms with Crippen LogP contribution in [0.5, 0.6) is 0 Å². The van der Waals surface area contributed by atoms with E-state index in [1.807, 2.05) is 30.1 Å². The molecule has 0 unspecified atom stereocenters. The van der Waals surface area contributed by atoms with Crippen molar-refractivity contribution >= 4 is 11.7 Å². The summed E-state index contributed by atoms with van der Waals surface area (Å²) in [4.78, 5) is 13.2. The zero-order valence-electron chi connectivity index (χ0n) is 8.60. The van der Waals surface area contributed by atoms with Crippen LogP contribution in [0.25, 0.3) is 0 Å². The lowest BCUT2D eigenvalue weighted by Crippen LogP contribution is -2.50. The van der Waals surface area contributed by atoms with Crippen LogP contribution in [0.1, 0.15) is 12.0 Å². The van der Waals surface area contributed by atoms with Crippen LogP contribution in [0, 0.1) is 0 Å². The monoisotopic (exact) mass is 206 g/mol. The second kappa shape index (κ2) is 3.24. The molecule has 0 bridgehead atoms. The van der Waals surface area contributed by atoms with Gasteiger partial charge in [-0.2, -0.15) is 0 Å². The Bertz CT molecular complexity index is 405. The Balaban J connectivity index is 2.58. The third-order valence-corrected chi connectivity index (χ3v) is 3.02. The van der Waals surface area contributed by atoms with Gasteiger partial charge in [-0.25, -0.2) is 4.79 Å². The zero-order valence-corrected chi connectivity index (χ0v) is 8.60. The molecule has 0 aromatic heterocycles. The van der Waals surface area contributed by atoms with Gasteiger partial charge < -0.3 is 15.7 Å². The molecule has 0 saturated carbocycles. The van der Waals surface area contributed by atoms with E-state index in [2.05, 4.69) is 0 Å². The van der Waals surface area contributed by atoms with Gasteiger partial charge in [0.2, 0.25) is 0 Å². The first-order chi connectivity index (χ1) is 7.05. The van der Waals surface area contributed by atoms with Gasteiger partial charge in [0.25, 0.3) is 0 Å². The summed E-state index contributed by atoms with van der Waals surface area (Å²) in [7, 11) is 1.94.